The van der Waals surface area contributed by atoms with Crippen LogP contribution in [0.3, 0.4) is 0 Å². The molecule has 2 radical (unpaired) electrons. The lowest BCUT2D eigenvalue weighted by Crippen LogP contribution is -2.07. The van der Waals surface area contributed by atoms with Gasteiger partial charge in [-0.2, -0.15) is 0 Å². The molecule has 0 saturated carbocycles. The molecule has 1 heterocycles. The summed E-state index contributed by atoms with van der Waals surface area (Å²) in [5.74, 6) is 0.707. The zero-order chi connectivity index (χ0) is 17.4. The van der Waals surface area contributed by atoms with E-state index in [1.54, 1.807) is 6.92 Å². The van der Waals surface area contributed by atoms with E-state index in [0.717, 1.165) is 39.8 Å². The first-order valence-electron chi connectivity index (χ1n) is 7.77. The third-order valence-electron chi connectivity index (χ3n) is 4.52. The first-order valence-corrected chi connectivity index (χ1v) is 7.77. The van der Waals surface area contributed by atoms with Crippen molar-refractivity contribution in [1.29, 1.82) is 0 Å². The molecule has 1 aliphatic rings. The van der Waals surface area contributed by atoms with Gasteiger partial charge in [0.15, 0.2) is 0 Å². The van der Waals surface area contributed by atoms with E-state index in [9.17, 15) is 4.91 Å². The Morgan fingerprint density at radius 2 is 2.04 bits per heavy atom. The maximum absolute atomic E-state index is 10.9. The number of hydrogen-bond donors (Lipinski definition) is 1. The molecule has 0 amide bonds. The van der Waals surface area contributed by atoms with E-state index < -0.39 is 0 Å². The molecule has 0 saturated heterocycles. The third kappa shape index (κ3) is 2.78. The predicted octanol–water partition coefficient (Wildman–Crippen LogP) is 3.76. The van der Waals surface area contributed by atoms with E-state index in [1.807, 2.05) is 32.0 Å². The molecule has 0 spiro atoms. The van der Waals surface area contributed by atoms with Crippen LogP contribution in [0.2, 0.25) is 0 Å². The number of pyridine rings is 1. The summed E-state index contributed by atoms with van der Waals surface area (Å²) in [6.07, 6.45) is 2.91. The summed E-state index contributed by atoms with van der Waals surface area (Å²) in [6.45, 7) is 9.73. The molecule has 0 atom stereocenters. The Morgan fingerprint density at radius 1 is 1.29 bits per heavy atom. The van der Waals surface area contributed by atoms with E-state index in [4.69, 9.17) is 7.85 Å². The van der Waals surface area contributed by atoms with Gasteiger partial charge in [0.1, 0.15) is 19.4 Å². The van der Waals surface area contributed by atoms with Crippen LogP contribution in [0, 0.1) is 25.7 Å². The molecule has 0 fully saturated rings. The maximum Gasteiger partial charge on any atom is 0.133 e. The number of anilines is 1. The number of nitrogens with zero attached hydrogens (tertiary/aromatic N) is 2. The third-order valence-corrected chi connectivity index (χ3v) is 4.52. The van der Waals surface area contributed by atoms with Gasteiger partial charge in [-0.3, -0.25) is 0 Å². The fourth-order valence-electron chi connectivity index (χ4n) is 2.96. The van der Waals surface area contributed by atoms with Gasteiger partial charge in [0, 0.05) is 12.1 Å². The lowest BCUT2D eigenvalue weighted by Gasteiger charge is -2.15. The van der Waals surface area contributed by atoms with Crippen LogP contribution >= 0.6 is 0 Å². The van der Waals surface area contributed by atoms with Crippen molar-refractivity contribution in [2.24, 2.45) is 5.18 Å². The smallest absolute Gasteiger partial charge is 0.133 e. The van der Waals surface area contributed by atoms with Gasteiger partial charge in [0.25, 0.3) is 0 Å². The average molecular weight is 315 g/mol. The Kier molecular flexibility index (Phi) is 4.10. The van der Waals surface area contributed by atoms with Gasteiger partial charge in [0.05, 0.1) is 5.69 Å². The minimum atomic E-state index is 0.409. The molecule has 1 N–H and O–H groups in total. The fourth-order valence-corrected chi connectivity index (χ4v) is 2.96. The Labute approximate surface area is 143 Å². The molecule has 2 aromatic rings. The number of nitrogens with one attached hydrogen (secondary N) is 1. The number of benzene rings is 1. The number of aromatic nitrogens is 1. The van der Waals surface area contributed by atoms with Gasteiger partial charge >= 0.3 is 0 Å². The number of hydrogen-bond acceptors (Lipinski definition) is 4. The normalized spacial score (nSPS) is 12.5. The van der Waals surface area contributed by atoms with Gasteiger partial charge < -0.3 is 5.32 Å². The second-order valence-corrected chi connectivity index (χ2v) is 6.14. The van der Waals surface area contributed by atoms with Crippen molar-refractivity contribution in [2.75, 3.05) is 5.32 Å². The summed E-state index contributed by atoms with van der Waals surface area (Å²) in [5, 5.41) is 6.36. The Bertz CT molecular complexity index is 900. The molecular formula is C19H18BN3O. The first kappa shape index (κ1) is 16.2. The molecular weight excluding hydrogens is 297 g/mol. The molecule has 1 aromatic heterocycles. The van der Waals surface area contributed by atoms with E-state index in [2.05, 4.69) is 28.1 Å². The average Bonchev–Trinajstić information content (AvgIpc) is 2.96. The van der Waals surface area contributed by atoms with Gasteiger partial charge in [0.2, 0.25) is 0 Å². The number of fused-ring (bicyclic) bond motifs is 1. The number of rotatable bonds is 4. The molecule has 1 aromatic carbocycles. The van der Waals surface area contributed by atoms with Crippen molar-refractivity contribution >= 4 is 30.9 Å². The highest BCUT2D eigenvalue weighted by Crippen LogP contribution is 2.32. The highest BCUT2D eigenvalue weighted by molar-refractivity contribution is 6.32. The summed E-state index contributed by atoms with van der Waals surface area (Å²) in [4.78, 5) is 15.4. The SMILES string of the molecule is [B]c1ccc2c(c1)C=C(C(=C)Nc1nc(C)c(N=O)c(C)c1C)C2. The standard InChI is InChI=1S/C19H18BN3O/c1-10-11(2)19(22-13(4)18(10)23-24)21-12(3)15-7-14-5-6-17(20)9-16(14)8-15/h5-6,8-9H,3,7H2,1-2,4H3,(H,21,22). The number of aryl methyl sites for hydroxylation is 1. The highest BCUT2D eigenvalue weighted by Gasteiger charge is 2.17. The minimum absolute atomic E-state index is 0.409. The van der Waals surface area contributed by atoms with Crippen LogP contribution in [0.25, 0.3) is 6.08 Å². The molecule has 118 valence electrons. The monoisotopic (exact) mass is 315 g/mol. The Morgan fingerprint density at radius 3 is 2.75 bits per heavy atom. The topological polar surface area (TPSA) is 54.4 Å². The molecule has 3 rings (SSSR count). The lowest BCUT2D eigenvalue weighted by atomic mass is 9.93. The van der Waals surface area contributed by atoms with Crippen molar-refractivity contribution < 1.29 is 0 Å². The molecule has 0 bridgehead atoms. The van der Waals surface area contributed by atoms with Crippen LogP contribution in [0.1, 0.15) is 27.9 Å². The van der Waals surface area contributed by atoms with Crippen molar-refractivity contribution in [2.45, 2.75) is 27.2 Å². The zero-order valence-electron chi connectivity index (χ0n) is 14.1. The number of nitroso groups, excluding NO2 is 1. The second-order valence-electron chi connectivity index (χ2n) is 6.14. The summed E-state index contributed by atoms with van der Waals surface area (Å²) < 4.78 is 0. The van der Waals surface area contributed by atoms with E-state index in [1.165, 1.54) is 5.56 Å². The minimum Gasteiger partial charge on any atom is -0.340 e. The van der Waals surface area contributed by atoms with Crippen LogP contribution in [-0.2, 0) is 6.42 Å². The molecule has 0 aliphatic heterocycles. The summed E-state index contributed by atoms with van der Waals surface area (Å²) in [7, 11) is 5.84. The van der Waals surface area contributed by atoms with E-state index >= 15 is 0 Å². The van der Waals surface area contributed by atoms with Crippen molar-refractivity contribution in [3.05, 3.63) is 68.9 Å². The largest absolute Gasteiger partial charge is 0.340 e. The van der Waals surface area contributed by atoms with E-state index in [0.29, 0.717) is 17.2 Å². The van der Waals surface area contributed by atoms with Crippen LogP contribution in [-0.4, -0.2) is 12.8 Å². The second kappa shape index (κ2) is 6.08. The van der Waals surface area contributed by atoms with Crippen molar-refractivity contribution in [1.82, 2.24) is 4.98 Å². The Balaban J connectivity index is 1.87. The maximum atomic E-state index is 10.9. The van der Waals surface area contributed by atoms with Crippen LogP contribution in [0.5, 0.6) is 0 Å². The zero-order valence-corrected chi connectivity index (χ0v) is 14.1. The van der Waals surface area contributed by atoms with Crippen LogP contribution < -0.4 is 10.8 Å². The van der Waals surface area contributed by atoms with Gasteiger partial charge in [-0.1, -0.05) is 30.2 Å². The number of allylic oxidation sites excluding steroid dienone is 1. The predicted molar refractivity (Wildman–Crippen MR) is 100 cm³/mol. The first-order chi connectivity index (χ1) is 11.4. The molecule has 4 nitrogen and oxygen atoms in total. The summed E-state index contributed by atoms with van der Waals surface area (Å²) in [6, 6.07) is 5.93. The molecule has 0 unspecified atom stereocenters. The molecule has 5 heteroatoms. The summed E-state index contributed by atoms with van der Waals surface area (Å²) in [5.41, 5.74) is 7.78. The van der Waals surface area contributed by atoms with Gasteiger partial charge in [-0.05, 0) is 59.9 Å². The quantitative estimate of drug-likeness (QED) is 0.690. The van der Waals surface area contributed by atoms with E-state index in [-0.39, 0.29) is 0 Å². The highest BCUT2D eigenvalue weighted by atomic mass is 16.3. The lowest BCUT2D eigenvalue weighted by molar-refractivity contribution is 1.11. The van der Waals surface area contributed by atoms with Gasteiger partial charge in [-0.25, -0.2) is 4.98 Å². The fraction of sp³-hybridized carbons (Fsp3) is 0.211. The molecule has 1 aliphatic carbocycles. The molecule has 24 heavy (non-hydrogen) atoms. The van der Waals surface area contributed by atoms with Crippen molar-refractivity contribution in [3.8, 4) is 0 Å². The van der Waals surface area contributed by atoms with Crippen LogP contribution in [0.15, 0.2) is 41.2 Å². The van der Waals surface area contributed by atoms with Crippen LogP contribution in [0.4, 0.5) is 11.5 Å². The summed E-state index contributed by atoms with van der Waals surface area (Å²) >= 11 is 0. The Hall–Kier alpha value is -2.69. The van der Waals surface area contributed by atoms with Crippen molar-refractivity contribution in [3.63, 3.8) is 0 Å². The van der Waals surface area contributed by atoms with Gasteiger partial charge in [-0.15, -0.1) is 4.91 Å².